The van der Waals surface area contributed by atoms with Crippen molar-refractivity contribution in [1.29, 1.82) is 0 Å². The highest BCUT2D eigenvalue weighted by atomic mass is 19.1. The van der Waals surface area contributed by atoms with Gasteiger partial charge < -0.3 is 14.8 Å². The van der Waals surface area contributed by atoms with E-state index in [2.05, 4.69) is 0 Å². The number of halogens is 1. The van der Waals surface area contributed by atoms with Gasteiger partial charge in [0.2, 0.25) is 0 Å². The molecule has 0 spiro atoms. The molecule has 0 fully saturated rings. The van der Waals surface area contributed by atoms with Gasteiger partial charge in [0.15, 0.2) is 0 Å². The molecule has 0 heterocycles. The Morgan fingerprint density at radius 3 is 2.47 bits per heavy atom. The molecule has 0 bridgehead atoms. The lowest BCUT2D eigenvalue weighted by Crippen LogP contribution is -2.33. The Labute approximate surface area is 111 Å². The maximum Gasteiger partial charge on any atom is 0.491 e. The van der Waals surface area contributed by atoms with E-state index in [4.69, 9.17) is 14.8 Å². The maximum absolute atomic E-state index is 13.6. The largest absolute Gasteiger partial charge is 0.491 e. The van der Waals surface area contributed by atoms with Crippen molar-refractivity contribution in [3.63, 3.8) is 0 Å². The van der Waals surface area contributed by atoms with E-state index in [9.17, 15) is 4.39 Å². The molecule has 0 atom stereocenters. The van der Waals surface area contributed by atoms with Gasteiger partial charge in [-0.15, -0.1) is 0 Å². The number of aryl methyl sites for hydroxylation is 1. The van der Waals surface area contributed by atoms with Crippen LogP contribution in [0.4, 0.5) is 4.39 Å². The van der Waals surface area contributed by atoms with Crippen LogP contribution in [0.1, 0.15) is 11.1 Å². The SMILES string of the molecule is Cc1cc(B(O)O)c(F)cc1OCc1ccccc1. The highest BCUT2D eigenvalue weighted by Gasteiger charge is 2.18. The quantitative estimate of drug-likeness (QED) is 0.817. The topological polar surface area (TPSA) is 49.7 Å². The zero-order valence-electron chi connectivity index (χ0n) is 10.5. The molecule has 2 aromatic carbocycles. The molecule has 2 rings (SSSR count). The fourth-order valence-corrected chi connectivity index (χ4v) is 1.77. The lowest BCUT2D eigenvalue weighted by atomic mass is 9.79. The second kappa shape index (κ2) is 5.86. The van der Waals surface area contributed by atoms with Gasteiger partial charge in [0.25, 0.3) is 0 Å². The van der Waals surface area contributed by atoms with E-state index < -0.39 is 12.9 Å². The van der Waals surface area contributed by atoms with Crippen LogP contribution in [-0.2, 0) is 6.61 Å². The van der Waals surface area contributed by atoms with Gasteiger partial charge in [-0.05, 0) is 18.1 Å². The Hall–Kier alpha value is -1.85. The molecule has 2 N–H and O–H groups in total. The average Bonchev–Trinajstić information content (AvgIpc) is 2.40. The van der Waals surface area contributed by atoms with Gasteiger partial charge in [-0.2, -0.15) is 0 Å². The minimum absolute atomic E-state index is 0.149. The summed E-state index contributed by atoms with van der Waals surface area (Å²) in [6, 6.07) is 12.1. The Bertz CT molecular complexity index is 558. The van der Waals surface area contributed by atoms with E-state index in [0.29, 0.717) is 17.9 Å². The first-order chi connectivity index (χ1) is 9.08. The van der Waals surface area contributed by atoms with Crippen LogP contribution in [0.3, 0.4) is 0 Å². The van der Waals surface area contributed by atoms with Crippen molar-refractivity contribution >= 4 is 12.6 Å². The van der Waals surface area contributed by atoms with Crippen molar-refractivity contribution in [2.24, 2.45) is 0 Å². The standard InChI is InChI=1S/C14H14BFO3/c1-10-7-12(15(17)18)13(16)8-14(10)19-9-11-5-3-2-4-6-11/h2-8,17-18H,9H2,1H3. The second-order valence-corrected chi connectivity index (χ2v) is 4.29. The predicted octanol–water partition coefficient (Wildman–Crippen LogP) is 1.39. The second-order valence-electron chi connectivity index (χ2n) is 4.29. The van der Waals surface area contributed by atoms with Crippen LogP contribution < -0.4 is 10.2 Å². The third-order valence-electron chi connectivity index (χ3n) is 2.81. The van der Waals surface area contributed by atoms with Crippen molar-refractivity contribution in [2.45, 2.75) is 13.5 Å². The molecule has 19 heavy (non-hydrogen) atoms. The molecule has 0 saturated heterocycles. The van der Waals surface area contributed by atoms with E-state index in [0.717, 1.165) is 5.56 Å². The van der Waals surface area contributed by atoms with E-state index in [1.54, 1.807) is 6.92 Å². The summed E-state index contributed by atoms with van der Waals surface area (Å²) in [5, 5.41) is 18.0. The third kappa shape index (κ3) is 3.33. The van der Waals surface area contributed by atoms with Gasteiger partial charge in [0.05, 0.1) is 0 Å². The van der Waals surface area contributed by atoms with Gasteiger partial charge in [-0.25, -0.2) is 4.39 Å². The molecule has 0 amide bonds. The van der Waals surface area contributed by atoms with E-state index in [-0.39, 0.29) is 5.46 Å². The summed E-state index contributed by atoms with van der Waals surface area (Å²) in [4.78, 5) is 0. The molecule has 0 unspecified atom stereocenters. The number of benzene rings is 2. The van der Waals surface area contributed by atoms with Crippen molar-refractivity contribution < 1.29 is 19.2 Å². The predicted molar refractivity (Wildman–Crippen MR) is 71.7 cm³/mol. The molecule has 0 radical (unpaired) electrons. The van der Waals surface area contributed by atoms with Crippen LogP contribution in [0.15, 0.2) is 42.5 Å². The van der Waals surface area contributed by atoms with Crippen LogP contribution in [0.25, 0.3) is 0 Å². The van der Waals surface area contributed by atoms with Gasteiger partial charge in [-0.1, -0.05) is 36.4 Å². The molecule has 0 aliphatic carbocycles. The maximum atomic E-state index is 13.6. The monoisotopic (exact) mass is 260 g/mol. The molecular weight excluding hydrogens is 246 g/mol. The first kappa shape index (κ1) is 13.6. The van der Waals surface area contributed by atoms with Gasteiger partial charge >= 0.3 is 7.12 Å². The smallest absolute Gasteiger partial charge is 0.489 e. The van der Waals surface area contributed by atoms with E-state index >= 15 is 0 Å². The number of hydrogen-bond donors (Lipinski definition) is 2. The highest BCUT2D eigenvalue weighted by molar-refractivity contribution is 6.58. The molecule has 0 saturated carbocycles. The normalized spacial score (nSPS) is 10.3. The summed E-state index contributed by atoms with van der Waals surface area (Å²) >= 11 is 0. The van der Waals surface area contributed by atoms with Gasteiger partial charge in [0.1, 0.15) is 18.2 Å². The van der Waals surface area contributed by atoms with Crippen molar-refractivity contribution in [3.8, 4) is 5.75 Å². The fourth-order valence-electron chi connectivity index (χ4n) is 1.77. The van der Waals surface area contributed by atoms with Crippen LogP contribution in [0.5, 0.6) is 5.75 Å². The van der Waals surface area contributed by atoms with E-state index in [1.165, 1.54) is 12.1 Å². The molecule has 0 aliphatic rings. The summed E-state index contributed by atoms with van der Waals surface area (Å²) in [6.07, 6.45) is 0. The van der Waals surface area contributed by atoms with Crippen LogP contribution in [-0.4, -0.2) is 17.2 Å². The minimum atomic E-state index is -1.82. The van der Waals surface area contributed by atoms with Crippen LogP contribution in [0.2, 0.25) is 0 Å². The lowest BCUT2D eigenvalue weighted by Gasteiger charge is -2.11. The van der Waals surface area contributed by atoms with Crippen molar-refractivity contribution in [2.75, 3.05) is 0 Å². The lowest BCUT2D eigenvalue weighted by molar-refractivity contribution is 0.302. The first-order valence-corrected chi connectivity index (χ1v) is 5.91. The number of ether oxygens (including phenoxy) is 1. The molecule has 5 heteroatoms. The van der Waals surface area contributed by atoms with E-state index in [1.807, 2.05) is 30.3 Å². The molecular formula is C14H14BFO3. The van der Waals surface area contributed by atoms with Crippen LogP contribution >= 0.6 is 0 Å². The molecule has 0 aromatic heterocycles. The Morgan fingerprint density at radius 1 is 1.16 bits per heavy atom. The average molecular weight is 260 g/mol. The zero-order chi connectivity index (χ0) is 13.8. The van der Waals surface area contributed by atoms with Crippen molar-refractivity contribution in [3.05, 3.63) is 59.4 Å². The minimum Gasteiger partial charge on any atom is -0.489 e. The Kier molecular flexibility index (Phi) is 4.19. The molecule has 2 aromatic rings. The Morgan fingerprint density at radius 2 is 1.84 bits per heavy atom. The number of hydrogen-bond acceptors (Lipinski definition) is 3. The zero-order valence-corrected chi connectivity index (χ0v) is 10.5. The summed E-state index contributed by atoms with van der Waals surface area (Å²) in [5.41, 5.74) is 1.48. The molecule has 0 aliphatic heterocycles. The molecule has 98 valence electrons. The van der Waals surface area contributed by atoms with Crippen LogP contribution in [0, 0.1) is 12.7 Å². The summed E-state index contributed by atoms with van der Waals surface area (Å²) in [5.74, 6) is -0.297. The van der Waals surface area contributed by atoms with Gasteiger partial charge in [-0.3, -0.25) is 0 Å². The summed E-state index contributed by atoms with van der Waals surface area (Å²) in [6.45, 7) is 2.06. The Balaban J connectivity index is 2.15. The third-order valence-corrected chi connectivity index (χ3v) is 2.81. The summed E-state index contributed by atoms with van der Waals surface area (Å²) < 4.78 is 19.1. The van der Waals surface area contributed by atoms with Crippen molar-refractivity contribution in [1.82, 2.24) is 0 Å². The first-order valence-electron chi connectivity index (χ1n) is 5.91. The molecule has 3 nitrogen and oxygen atoms in total. The van der Waals surface area contributed by atoms with Gasteiger partial charge in [0, 0.05) is 11.5 Å². The fraction of sp³-hybridized carbons (Fsp3) is 0.143. The highest BCUT2D eigenvalue weighted by Crippen LogP contribution is 2.19. The number of rotatable bonds is 4. The summed E-state index contributed by atoms with van der Waals surface area (Å²) in [7, 11) is -1.82.